The number of aromatic amines is 1. The molecule has 0 spiro atoms. The van der Waals surface area contributed by atoms with Crippen LogP contribution in [0.5, 0.6) is 5.75 Å². The largest absolute Gasteiger partial charge is 0.495 e. The first kappa shape index (κ1) is 10.2. The lowest BCUT2D eigenvalue weighted by atomic mass is 10.2. The Hall–Kier alpha value is -0.910. The normalized spacial score (nSPS) is 10.5. The zero-order valence-electron chi connectivity index (χ0n) is 6.61. The van der Waals surface area contributed by atoms with Crippen molar-refractivity contribution in [3.8, 4) is 5.75 Å². The molecule has 0 aliphatic carbocycles. The van der Waals surface area contributed by atoms with Crippen LogP contribution in [0.3, 0.4) is 0 Å². The number of halogens is 3. The van der Waals surface area contributed by atoms with Crippen molar-refractivity contribution in [2.75, 3.05) is 7.11 Å². The fraction of sp³-hybridized carbons (Fsp3) is 0.286. The molecule has 72 valence electrons. The smallest absolute Gasteiger partial charge is 0.268 e. The van der Waals surface area contributed by atoms with Gasteiger partial charge in [0.25, 0.3) is 12.0 Å². The Morgan fingerprint density at radius 3 is 2.69 bits per heavy atom. The van der Waals surface area contributed by atoms with Crippen molar-refractivity contribution < 1.29 is 13.5 Å². The monoisotopic (exact) mass is 253 g/mol. The molecule has 1 aromatic rings. The maximum Gasteiger partial charge on any atom is 0.268 e. The number of pyridine rings is 1. The summed E-state index contributed by atoms with van der Waals surface area (Å²) in [6.07, 6.45) is -1.74. The van der Waals surface area contributed by atoms with E-state index >= 15 is 0 Å². The van der Waals surface area contributed by atoms with Gasteiger partial charge in [-0.05, 0) is 15.9 Å². The number of alkyl halides is 2. The van der Waals surface area contributed by atoms with Gasteiger partial charge in [-0.1, -0.05) is 0 Å². The summed E-state index contributed by atoms with van der Waals surface area (Å²) in [5.41, 5.74) is -0.838. The van der Waals surface area contributed by atoms with E-state index in [0.29, 0.717) is 0 Å². The Bertz CT molecular complexity index is 364. The van der Waals surface area contributed by atoms with Crippen LogP contribution in [0.15, 0.2) is 15.5 Å². The fourth-order valence-corrected chi connectivity index (χ4v) is 1.38. The lowest BCUT2D eigenvalue weighted by Gasteiger charge is -2.07. The summed E-state index contributed by atoms with van der Waals surface area (Å²) in [5, 5.41) is 0. The van der Waals surface area contributed by atoms with Gasteiger partial charge in [-0.15, -0.1) is 0 Å². The Balaban J connectivity index is 3.38. The molecule has 0 aliphatic rings. The van der Waals surface area contributed by atoms with Gasteiger partial charge in [0.15, 0.2) is 0 Å². The van der Waals surface area contributed by atoms with E-state index < -0.39 is 12.0 Å². The molecule has 1 rings (SSSR count). The second-order valence-corrected chi connectivity index (χ2v) is 3.01. The number of hydrogen-bond donors (Lipinski definition) is 1. The highest BCUT2D eigenvalue weighted by atomic mass is 79.9. The van der Waals surface area contributed by atoms with Gasteiger partial charge in [-0.3, -0.25) is 4.79 Å². The molecule has 1 N–H and O–H groups in total. The Morgan fingerprint density at radius 2 is 2.23 bits per heavy atom. The van der Waals surface area contributed by atoms with Crippen LogP contribution >= 0.6 is 15.9 Å². The van der Waals surface area contributed by atoms with Gasteiger partial charge >= 0.3 is 0 Å². The molecular weight excluding hydrogens is 248 g/mol. The number of methoxy groups -OCH3 is 1. The zero-order valence-corrected chi connectivity index (χ0v) is 8.19. The summed E-state index contributed by atoms with van der Waals surface area (Å²) in [7, 11) is 1.23. The van der Waals surface area contributed by atoms with E-state index in [4.69, 9.17) is 0 Å². The van der Waals surface area contributed by atoms with E-state index in [9.17, 15) is 13.6 Å². The molecule has 0 aliphatic heterocycles. The third-order valence-corrected chi connectivity index (χ3v) is 2.18. The molecule has 6 heteroatoms. The minimum absolute atomic E-state index is 0.0206. The number of rotatable bonds is 2. The van der Waals surface area contributed by atoms with Gasteiger partial charge in [0.2, 0.25) is 0 Å². The molecule has 0 amide bonds. The fourth-order valence-electron chi connectivity index (χ4n) is 0.872. The van der Waals surface area contributed by atoms with Crippen molar-refractivity contribution in [3.05, 3.63) is 26.6 Å². The minimum Gasteiger partial charge on any atom is -0.495 e. The average Bonchev–Trinajstić information content (AvgIpc) is 2.09. The van der Waals surface area contributed by atoms with Gasteiger partial charge in [0.05, 0.1) is 12.7 Å². The number of ether oxygens (including phenoxy) is 1. The minimum atomic E-state index is -2.68. The second-order valence-electron chi connectivity index (χ2n) is 2.22. The molecule has 0 saturated carbocycles. The summed E-state index contributed by atoms with van der Waals surface area (Å²) in [6.45, 7) is 0. The summed E-state index contributed by atoms with van der Waals surface area (Å²) in [6, 6.07) is 0. The molecule has 0 radical (unpaired) electrons. The first-order chi connectivity index (χ1) is 6.07. The number of hydrogen-bond acceptors (Lipinski definition) is 2. The maximum atomic E-state index is 12.3. The van der Waals surface area contributed by atoms with Gasteiger partial charge in [-0.25, -0.2) is 8.78 Å². The van der Waals surface area contributed by atoms with E-state index in [-0.39, 0.29) is 15.8 Å². The average molecular weight is 254 g/mol. The van der Waals surface area contributed by atoms with Crippen LogP contribution in [-0.4, -0.2) is 12.1 Å². The van der Waals surface area contributed by atoms with Crippen LogP contribution in [0.2, 0.25) is 0 Å². The molecule has 0 bridgehead atoms. The van der Waals surface area contributed by atoms with Crippen LogP contribution in [0, 0.1) is 0 Å². The molecule has 3 nitrogen and oxygen atoms in total. The SMILES string of the molecule is COc1c(C(F)F)c[nH]c(=O)c1Br. The van der Waals surface area contributed by atoms with Crippen molar-refractivity contribution in [1.82, 2.24) is 4.98 Å². The topological polar surface area (TPSA) is 42.1 Å². The van der Waals surface area contributed by atoms with Crippen molar-refractivity contribution in [2.45, 2.75) is 6.43 Å². The molecule has 0 aromatic carbocycles. The molecule has 0 saturated heterocycles. The highest BCUT2D eigenvalue weighted by Crippen LogP contribution is 2.31. The zero-order chi connectivity index (χ0) is 10.0. The van der Waals surface area contributed by atoms with Gasteiger partial charge in [-0.2, -0.15) is 0 Å². The predicted octanol–water partition coefficient (Wildman–Crippen LogP) is 2.08. The summed E-state index contributed by atoms with van der Waals surface area (Å²) in [4.78, 5) is 13.1. The van der Waals surface area contributed by atoms with E-state index in [1.165, 1.54) is 7.11 Å². The van der Waals surface area contributed by atoms with Crippen LogP contribution in [-0.2, 0) is 0 Å². The van der Waals surface area contributed by atoms with Gasteiger partial charge in [0, 0.05) is 6.20 Å². The Morgan fingerprint density at radius 1 is 1.62 bits per heavy atom. The van der Waals surface area contributed by atoms with Crippen molar-refractivity contribution in [2.24, 2.45) is 0 Å². The summed E-state index contributed by atoms with van der Waals surface area (Å²) in [5.74, 6) is -0.126. The van der Waals surface area contributed by atoms with Crippen molar-refractivity contribution in [3.63, 3.8) is 0 Å². The quantitative estimate of drug-likeness (QED) is 0.877. The van der Waals surface area contributed by atoms with Crippen LogP contribution in [0.4, 0.5) is 8.78 Å². The third-order valence-electron chi connectivity index (χ3n) is 1.46. The predicted molar refractivity (Wildman–Crippen MR) is 46.3 cm³/mol. The Labute approximate surface area is 80.9 Å². The highest BCUT2D eigenvalue weighted by molar-refractivity contribution is 9.10. The molecular formula is C7H6BrF2NO2. The molecule has 0 fully saturated rings. The van der Waals surface area contributed by atoms with Crippen molar-refractivity contribution >= 4 is 15.9 Å². The molecule has 13 heavy (non-hydrogen) atoms. The van der Waals surface area contributed by atoms with E-state index in [1.54, 1.807) is 0 Å². The number of aromatic nitrogens is 1. The van der Waals surface area contributed by atoms with Gasteiger partial charge in [0.1, 0.15) is 10.2 Å². The van der Waals surface area contributed by atoms with E-state index in [0.717, 1.165) is 6.20 Å². The number of H-pyrrole nitrogens is 1. The lowest BCUT2D eigenvalue weighted by molar-refractivity contribution is 0.146. The first-order valence-electron chi connectivity index (χ1n) is 3.31. The van der Waals surface area contributed by atoms with Crippen LogP contribution < -0.4 is 10.3 Å². The molecule has 0 unspecified atom stereocenters. The highest BCUT2D eigenvalue weighted by Gasteiger charge is 2.18. The maximum absolute atomic E-state index is 12.3. The lowest BCUT2D eigenvalue weighted by Crippen LogP contribution is -2.09. The first-order valence-corrected chi connectivity index (χ1v) is 4.10. The second kappa shape index (κ2) is 3.87. The standard InChI is InChI=1S/C7H6BrF2NO2/c1-13-5-3(6(9)10)2-11-7(12)4(5)8/h2,6H,1H3,(H,11,12). The van der Waals surface area contributed by atoms with Crippen LogP contribution in [0.25, 0.3) is 0 Å². The Kier molecular flexibility index (Phi) is 3.02. The molecule has 1 heterocycles. The van der Waals surface area contributed by atoms with E-state index in [1.807, 2.05) is 0 Å². The molecule has 1 aromatic heterocycles. The third kappa shape index (κ3) is 1.88. The van der Waals surface area contributed by atoms with Crippen LogP contribution in [0.1, 0.15) is 12.0 Å². The van der Waals surface area contributed by atoms with Gasteiger partial charge < -0.3 is 9.72 Å². The summed E-state index contributed by atoms with van der Waals surface area (Å²) < 4.78 is 29.3. The van der Waals surface area contributed by atoms with Crippen molar-refractivity contribution in [1.29, 1.82) is 0 Å². The number of nitrogens with one attached hydrogen (secondary N) is 1. The summed E-state index contributed by atoms with van der Waals surface area (Å²) >= 11 is 2.86. The molecule has 0 atom stereocenters. The van der Waals surface area contributed by atoms with E-state index in [2.05, 4.69) is 25.7 Å².